The fraction of sp³-hybridized carbons (Fsp3) is 0.565. The van der Waals surface area contributed by atoms with Crippen molar-refractivity contribution < 1.29 is 81.1 Å². The third-order valence-electron chi connectivity index (χ3n) is 5.79. The number of carbonyl (C=O) groups is 3. The van der Waals surface area contributed by atoms with E-state index in [-0.39, 0.29) is 64.5 Å². The molecule has 0 aliphatic carbocycles. The first kappa shape index (κ1) is 33.0. The van der Waals surface area contributed by atoms with Crippen LogP contribution in [0.2, 0.25) is 0 Å². The fourth-order valence-electron chi connectivity index (χ4n) is 3.96. The Hall–Kier alpha value is -1.05. The summed E-state index contributed by atoms with van der Waals surface area (Å²) in [5.74, 6) is -2.88. The van der Waals surface area contributed by atoms with E-state index >= 15 is 0 Å². The number of aliphatic carboxylic acids is 3. The van der Waals surface area contributed by atoms with Crippen molar-refractivity contribution in [2.45, 2.75) is 23.8 Å². The average molecular weight is 546 g/mol. The molecule has 1 aliphatic heterocycles. The summed E-state index contributed by atoms with van der Waals surface area (Å²) in [5.41, 5.74) is 0.953. The van der Waals surface area contributed by atoms with E-state index < -0.39 is 23.9 Å². The first-order valence-electron chi connectivity index (χ1n) is 11.4. The number of nitrogens with zero attached hydrogens (tertiary/aromatic N) is 5. The molecule has 0 bridgehead atoms. The van der Waals surface area contributed by atoms with Gasteiger partial charge in [-0.25, -0.2) is 0 Å². The average Bonchev–Trinajstić information content (AvgIpc) is 2.78. The van der Waals surface area contributed by atoms with Gasteiger partial charge in [0.2, 0.25) is 0 Å². The number of thiocyanates is 1. The van der Waals surface area contributed by atoms with Gasteiger partial charge in [-0.15, -0.1) is 13.1 Å². The molecule has 11 nitrogen and oxygen atoms in total. The van der Waals surface area contributed by atoms with Crippen molar-refractivity contribution >= 4 is 29.7 Å². The van der Waals surface area contributed by atoms with Crippen LogP contribution in [0.3, 0.4) is 0 Å². The van der Waals surface area contributed by atoms with Gasteiger partial charge in [-0.3, -0.25) is 29.1 Å². The summed E-state index contributed by atoms with van der Waals surface area (Å²) in [6.45, 7) is 2.82. The number of thioether (sulfide) groups is 1. The van der Waals surface area contributed by atoms with Crippen molar-refractivity contribution in [3.05, 3.63) is 35.1 Å². The van der Waals surface area contributed by atoms with Gasteiger partial charge in [0.25, 0.3) is 0 Å². The van der Waals surface area contributed by atoms with Gasteiger partial charge in [0.05, 0.1) is 13.1 Å². The maximum Gasteiger partial charge on any atom is 1.00 e. The second-order valence-electron chi connectivity index (χ2n) is 8.28. The molecule has 0 saturated carbocycles. The number of carboxylic acid groups (broad SMARTS) is 3. The van der Waals surface area contributed by atoms with E-state index in [0.717, 1.165) is 22.2 Å². The SMILES string of the molecule is N#CSc1ccc(CCC(C(=O)O)N2CCN(CC(=O)O)CC[N-]CCN(CC(=O)O)CC2)cc1.[K+]. The quantitative estimate of drug-likeness (QED) is 0.171. The summed E-state index contributed by atoms with van der Waals surface area (Å²) >= 11 is 1.06. The van der Waals surface area contributed by atoms with Crippen molar-refractivity contribution in [3.8, 4) is 5.40 Å². The van der Waals surface area contributed by atoms with Crippen molar-refractivity contribution in [1.82, 2.24) is 14.7 Å². The van der Waals surface area contributed by atoms with Crippen LogP contribution in [0.15, 0.2) is 29.2 Å². The minimum atomic E-state index is -0.974. The van der Waals surface area contributed by atoms with Crippen molar-refractivity contribution in [3.63, 3.8) is 0 Å². The van der Waals surface area contributed by atoms with Crippen LogP contribution in [-0.2, 0) is 20.8 Å². The Labute approximate surface area is 258 Å². The van der Waals surface area contributed by atoms with E-state index in [1.807, 2.05) is 34.6 Å². The maximum absolute atomic E-state index is 12.2. The second-order valence-corrected chi connectivity index (χ2v) is 9.13. The van der Waals surface area contributed by atoms with E-state index in [2.05, 4.69) is 5.32 Å². The summed E-state index contributed by atoms with van der Waals surface area (Å²) in [4.78, 5) is 40.9. The number of aryl methyl sites for hydroxylation is 1. The zero-order chi connectivity index (χ0) is 25.6. The smallest absolute Gasteiger partial charge is 0.660 e. The number of carboxylic acids is 3. The number of benzene rings is 1. The monoisotopic (exact) mass is 545 g/mol. The summed E-state index contributed by atoms with van der Waals surface area (Å²) in [6.07, 6.45) is 0.856. The Balaban J connectivity index is 0.00000648. The summed E-state index contributed by atoms with van der Waals surface area (Å²) in [6, 6.07) is 6.60. The number of hydrogen-bond acceptors (Lipinski definition) is 8. The van der Waals surface area contributed by atoms with Gasteiger partial charge in [0.1, 0.15) is 11.4 Å². The van der Waals surface area contributed by atoms with E-state index in [4.69, 9.17) is 5.26 Å². The van der Waals surface area contributed by atoms with E-state index in [0.29, 0.717) is 65.2 Å². The molecule has 0 amide bonds. The third-order valence-corrected chi connectivity index (χ3v) is 6.39. The van der Waals surface area contributed by atoms with Crippen LogP contribution in [0, 0.1) is 10.7 Å². The number of nitriles is 1. The molecule has 1 fully saturated rings. The summed E-state index contributed by atoms with van der Waals surface area (Å²) in [5, 5.41) is 43.7. The van der Waals surface area contributed by atoms with Crippen LogP contribution in [-0.4, -0.2) is 119 Å². The minimum absolute atomic E-state index is 0. The first-order valence-corrected chi connectivity index (χ1v) is 12.2. The van der Waals surface area contributed by atoms with Gasteiger partial charge in [-0.1, -0.05) is 12.1 Å². The molecule has 1 aliphatic rings. The van der Waals surface area contributed by atoms with Gasteiger partial charge in [-0.05, 0) is 55.4 Å². The summed E-state index contributed by atoms with van der Waals surface area (Å²) < 4.78 is 0. The molecular formula is C23H32KN5O6S. The van der Waals surface area contributed by atoms with Crippen LogP contribution in [0.1, 0.15) is 12.0 Å². The topological polar surface area (TPSA) is 160 Å². The predicted octanol–water partition coefficient (Wildman–Crippen LogP) is -1.89. The Morgan fingerprint density at radius 2 is 1.44 bits per heavy atom. The van der Waals surface area contributed by atoms with Gasteiger partial charge < -0.3 is 20.6 Å². The Kier molecular flexibility index (Phi) is 16.7. The van der Waals surface area contributed by atoms with Crippen LogP contribution >= 0.6 is 11.8 Å². The molecule has 1 heterocycles. The molecule has 1 unspecified atom stereocenters. The normalized spacial score (nSPS) is 17.5. The van der Waals surface area contributed by atoms with Gasteiger partial charge in [0, 0.05) is 31.1 Å². The molecule has 3 N–H and O–H groups in total. The second kappa shape index (κ2) is 18.2. The first-order chi connectivity index (χ1) is 16.8. The molecule has 1 aromatic carbocycles. The van der Waals surface area contributed by atoms with Gasteiger partial charge in [-0.2, -0.15) is 5.26 Å². The Morgan fingerprint density at radius 1 is 0.917 bits per heavy atom. The molecule has 1 atom stereocenters. The zero-order valence-corrected chi connectivity index (χ0v) is 24.5. The molecule has 0 aromatic heterocycles. The molecule has 36 heavy (non-hydrogen) atoms. The van der Waals surface area contributed by atoms with Crippen LogP contribution in [0.4, 0.5) is 0 Å². The largest absolute Gasteiger partial charge is 1.00 e. The Morgan fingerprint density at radius 3 is 1.89 bits per heavy atom. The van der Waals surface area contributed by atoms with Crippen molar-refractivity contribution in [2.75, 3.05) is 65.4 Å². The molecule has 192 valence electrons. The third kappa shape index (κ3) is 13.0. The summed E-state index contributed by atoms with van der Waals surface area (Å²) in [7, 11) is 0. The zero-order valence-electron chi connectivity index (χ0n) is 20.6. The van der Waals surface area contributed by atoms with Crippen LogP contribution in [0.25, 0.3) is 5.32 Å². The maximum atomic E-state index is 12.2. The van der Waals surface area contributed by atoms with Crippen molar-refractivity contribution in [1.29, 1.82) is 5.26 Å². The minimum Gasteiger partial charge on any atom is -0.660 e. The van der Waals surface area contributed by atoms with E-state index in [1.165, 1.54) is 0 Å². The predicted molar refractivity (Wildman–Crippen MR) is 130 cm³/mol. The van der Waals surface area contributed by atoms with Crippen LogP contribution < -0.4 is 51.4 Å². The van der Waals surface area contributed by atoms with Crippen LogP contribution in [0.5, 0.6) is 0 Å². The van der Waals surface area contributed by atoms with Crippen molar-refractivity contribution in [2.24, 2.45) is 0 Å². The number of rotatable bonds is 10. The number of hydrogen-bond donors (Lipinski definition) is 3. The van der Waals surface area contributed by atoms with Gasteiger partial charge >= 0.3 is 69.3 Å². The van der Waals surface area contributed by atoms with Gasteiger partial charge in [0.15, 0.2) is 0 Å². The molecule has 0 radical (unpaired) electrons. The van der Waals surface area contributed by atoms with E-state index in [9.17, 15) is 29.7 Å². The fourth-order valence-corrected chi connectivity index (χ4v) is 4.34. The molecule has 13 heteroatoms. The van der Waals surface area contributed by atoms with E-state index in [1.54, 1.807) is 9.80 Å². The molecule has 1 saturated heterocycles. The molecule has 0 spiro atoms. The standard InChI is InChI=1S/C23H32N5O6S.K/c24-17-35-19-4-1-18(2-5-19)3-6-20(23(33)34)28-13-11-26(15-21(29)30)9-7-25-8-10-27(12-14-28)16-22(31)32;/h1-2,4-5,20H,3,6-16H2,(H,29,30)(H,31,32)(H,33,34);/q-1;+1. The molecule has 1 aromatic rings. The Bertz CT molecular complexity index is 855. The molecular weight excluding hydrogens is 513 g/mol. The molecule has 2 rings (SSSR count).